The van der Waals surface area contributed by atoms with Gasteiger partial charge in [0, 0.05) is 10.6 Å². The molecule has 2 rings (SSSR count). The number of rotatable bonds is 2. The van der Waals surface area contributed by atoms with Gasteiger partial charge in [0.1, 0.15) is 6.61 Å². The number of carbonyl (C=O) groups excluding carboxylic acids is 1. The number of hydrogen-bond donors (Lipinski definition) is 0. The Kier molecular flexibility index (Phi) is 2.70. The molecule has 0 spiro atoms. The molecule has 1 unspecified atom stereocenters. The van der Waals surface area contributed by atoms with Crippen molar-refractivity contribution in [2.45, 2.75) is 4.90 Å². The van der Waals surface area contributed by atoms with Gasteiger partial charge in [-0.15, -0.1) is 0 Å². The summed E-state index contributed by atoms with van der Waals surface area (Å²) in [4.78, 5) is 12.8. The molecule has 1 fully saturated rings. The van der Waals surface area contributed by atoms with Crippen molar-refractivity contribution >= 4 is 22.9 Å². The standard InChI is InChI=1S/C9H9NO4S/c11-9-10(5-6-14-9)7-1-3-8(4-2-7)15(12)13/h1-4H,5-6H2,(H,12,13)/p-1. The van der Waals surface area contributed by atoms with E-state index < -0.39 is 17.2 Å². The Morgan fingerprint density at radius 3 is 2.47 bits per heavy atom. The molecule has 0 N–H and O–H groups in total. The molecule has 6 heteroatoms. The van der Waals surface area contributed by atoms with Gasteiger partial charge in [0.15, 0.2) is 0 Å². The fourth-order valence-electron chi connectivity index (χ4n) is 1.37. The van der Waals surface area contributed by atoms with Crippen molar-refractivity contribution in [3.63, 3.8) is 0 Å². The summed E-state index contributed by atoms with van der Waals surface area (Å²) in [5, 5.41) is 0. The topological polar surface area (TPSA) is 69.7 Å². The lowest BCUT2D eigenvalue weighted by Gasteiger charge is -2.13. The van der Waals surface area contributed by atoms with E-state index in [0.29, 0.717) is 18.8 Å². The van der Waals surface area contributed by atoms with Gasteiger partial charge in [0.05, 0.1) is 6.54 Å². The normalized spacial score (nSPS) is 17.7. The van der Waals surface area contributed by atoms with Crippen LogP contribution in [0.5, 0.6) is 0 Å². The summed E-state index contributed by atoms with van der Waals surface area (Å²) in [5.74, 6) is 0. The van der Waals surface area contributed by atoms with Crippen LogP contribution in [0.3, 0.4) is 0 Å². The van der Waals surface area contributed by atoms with Crippen molar-refractivity contribution in [2.75, 3.05) is 18.1 Å². The molecule has 0 aromatic heterocycles. The number of cyclic esters (lactones) is 1. The highest BCUT2D eigenvalue weighted by atomic mass is 32.2. The molecule has 1 aliphatic heterocycles. The Bertz CT molecular complexity index is 403. The van der Waals surface area contributed by atoms with Crippen molar-refractivity contribution in [3.8, 4) is 0 Å². The third-order valence-electron chi connectivity index (χ3n) is 2.10. The molecule has 1 aliphatic rings. The molecule has 5 nitrogen and oxygen atoms in total. The lowest BCUT2D eigenvalue weighted by atomic mass is 10.3. The van der Waals surface area contributed by atoms with E-state index in [2.05, 4.69) is 0 Å². The van der Waals surface area contributed by atoms with Crippen molar-refractivity contribution in [1.82, 2.24) is 0 Å². The van der Waals surface area contributed by atoms with Crippen molar-refractivity contribution < 1.29 is 18.3 Å². The number of hydrogen-bond acceptors (Lipinski definition) is 4. The van der Waals surface area contributed by atoms with E-state index in [1.165, 1.54) is 17.0 Å². The molecule has 15 heavy (non-hydrogen) atoms. The van der Waals surface area contributed by atoms with Crippen molar-refractivity contribution in [3.05, 3.63) is 24.3 Å². The number of anilines is 1. The Balaban J connectivity index is 2.23. The van der Waals surface area contributed by atoms with E-state index in [1.807, 2.05) is 0 Å². The maximum atomic E-state index is 11.2. The Morgan fingerprint density at radius 1 is 1.33 bits per heavy atom. The predicted molar refractivity (Wildman–Crippen MR) is 52.3 cm³/mol. The molecule has 1 heterocycles. The average Bonchev–Trinajstić information content (AvgIpc) is 2.65. The molecule has 1 aromatic rings. The monoisotopic (exact) mass is 226 g/mol. The fraction of sp³-hybridized carbons (Fsp3) is 0.222. The summed E-state index contributed by atoms with van der Waals surface area (Å²) < 4.78 is 25.9. The molecule has 1 aromatic carbocycles. The van der Waals surface area contributed by atoms with E-state index in [9.17, 15) is 13.6 Å². The van der Waals surface area contributed by atoms with Crippen LogP contribution in [-0.4, -0.2) is 28.0 Å². The average molecular weight is 226 g/mol. The molecule has 1 saturated heterocycles. The maximum absolute atomic E-state index is 11.2. The van der Waals surface area contributed by atoms with E-state index in [4.69, 9.17) is 4.74 Å². The summed E-state index contributed by atoms with van der Waals surface area (Å²) in [6.07, 6.45) is -0.397. The van der Waals surface area contributed by atoms with E-state index in [0.717, 1.165) is 0 Å². The Morgan fingerprint density at radius 2 is 2.00 bits per heavy atom. The third-order valence-corrected chi connectivity index (χ3v) is 2.76. The SMILES string of the molecule is O=C1OCCN1c1ccc(S(=O)[O-])cc1. The van der Waals surface area contributed by atoms with Crippen LogP contribution < -0.4 is 4.90 Å². The van der Waals surface area contributed by atoms with Gasteiger partial charge >= 0.3 is 6.09 Å². The first kappa shape index (κ1) is 10.1. The first-order valence-corrected chi connectivity index (χ1v) is 5.39. The number of carbonyl (C=O) groups is 1. The zero-order chi connectivity index (χ0) is 10.8. The predicted octanol–water partition coefficient (Wildman–Crippen LogP) is 0.881. The van der Waals surface area contributed by atoms with Crippen LogP contribution in [0.1, 0.15) is 0 Å². The highest BCUT2D eigenvalue weighted by molar-refractivity contribution is 7.79. The van der Waals surface area contributed by atoms with Crippen LogP contribution in [0.25, 0.3) is 0 Å². The molecule has 80 valence electrons. The molecule has 0 saturated carbocycles. The minimum atomic E-state index is -2.23. The van der Waals surface area contributed by atoms with Gasteiger partial charge in [-0.25, -0.2) is 4.79 Å². The number of amides is 1. The Hall–Kier alpha value is -1.40. The zero-order valence-electron chi connectivity index (χ0n) is 7.71. The van der Waals surface area contributed by atoms with Gasteiger partial charge in [0.2, 0.25) is 0 Å². The van der Waals surface area contributed by atoms with Gasteiger partial charge in [-0.1, -0.05) is 0 Å². The number of benzene rings is 1. The lowest BCUT2D eigenvalue weighted by molar-refractivity contribution is 0.181. The Labute approximate surface area is 88.9 Å². The van der Waals surface area contributed by atoms with Crippen molar-refractivity contribution in [2.24, 2.45) is 0 Å². The quantitative estimate of drug-likeness (QED) is 0.702. The van der Waals surface area contributed by atoms with Crippen molar-refractivity contribution in [1.29, 1.82) is 0 Å². The summed E-state index contributed by atoms with van der Waals surface area (Å²) in [7, 11) is 0. The number of ether oxygens (including phenoxy) is 1. The van der Waals surface area contributed by atoms with Crippen LogP contribution >= 0.6 is 0 Å². The zero-order valence-corrected chi connectivity index (χ0v) is 8.53. The second-order valence-corrected chi connectivity index (χ2v) is 3.94. The number of nitrogens with zero attached hydrogens (tertiary/aromatic N) is 1. The summed E-state index contributed by atoms with van der Waals surface area (Å²) >= 11 is -2.23. The van der Waals surface area contributed by atoms with Gasteiger partial charge in [-0.3, -0.25) is 9.11 Å². The summed E-state index contributed by atoms with van der Waals surface area (Å²) in [6.45, 7) is 0.868. The molecule has 0 aliphatic carbocycles. The van der Waals surface area contributed by atoms with E-state index >= 15 is 0 Å². The summed E-state index contributed by atoms with van der Waals surface area (Å²) in [5.41, 5.74) is 0.645. The molecule has 1 amide bonds. The molecular weight excluding hydrogens is 218 g/mol. The minimum absolute atomic E-state index is 0.200. The minimum Gasteiger partial charge on any atom is -0.768 e. The molecule has 0 radical (unpaired) electrons. The van der Waals surface area contributed by atoms with Gasteiger partial charge < -0.3 is 9.29 Å². The first-order valence-electron chi connectivity index (χ1n) is 4.32. The second kappa shape index (κ2) is 4.00. The summed E-state index contributed by atoms with van der Waals surface area (Å²) in [6, 6.07) is 6.06. The molecule has 1 atom stereocenters. The van der Waals surface area contributed by atoms with Gasteiger partial charge in [-0.05, 0) is 35.3 Å². The smallest absolute Gasteiger partial charge is 0.414 e. The highest BCUT2D eigenvalue weighted by Gasteiger charge is 2.23. The maximum Gasteiger partial charge on any atom is 0.414 e. The van der Waals surface area contributed by atoms with Crippen LogP contribution in [0.4, 0.5) is 10.5 Å². The highest BCUT2D eigenvalue weighted by Crippen LogP contribution is 2.19. The van der Waals surface area contributed by atoms with Crippen LogP contribution in [-0.2, 0) is 15.8 Å². The van der Waals surface area contributed by atoms with Crippen LogP contribution in [0.2, 0.25) is 0 Å². The largest absolute Gasteiger partial charge is 0.768 e. The first-order chi connectivity index (χ1) is 7.18. The van der Waals surface area contributed by atoms with Crippen LogP contribution in [0.15, 0.2) is 29.2 Å². The molecular formula is C9H8NO4S-. The van der Waals surface area contributed by atoms with E-state index in [-0.39, 0.29) is 4.90 Å². The lowest BCUT2D eigenvalue weighted by Crippen LogP contribution is -2.23. The molecule has 0 bridgehead atoms. The van der Waals surface area contributed by atoms with Gasteiger partial charge in [0.25, 0.3) is 0 Å². The van der Waals surface area contributed by atoms with Gasteiger partial charge in [-0.2, -0.15) is 0 Å². The van der Waals surface area contributed by atoms with E-state index in [1.54, 1.807) is 12.1 Å². The fourth-order valence-corrected chi connectivity index (χ4v) is 1.72. The second-order valence-electron chi connectivity index (χ2n) is 2.99. The van der Waals surface area contributed by atoms with Crippen LogP contribution in [0, 0.1) is 0 Å². The third kappa shape index (κ3) is 2.00.